The van der Waals surface area contributed by atoms with Gasteiger partial charge in [0, 0.05) is 19.3 Å². The standard InChI is InChI=1S/C14H15NO3/c1-15-9-3-4-13(15)18-14(16)10-11-5-7-12(17-2)8-6-11/h3-9H,10H2,1-2H3. The van der Waals surface area contributed by atoms with Crippen LogP contribution in [0.25, 0.3) is 0 Å². The first-order valence-electron chi connectivity index (χ1n) is 5.64. The molecule has 0 bridgehead atoms. The Morgan fingerprint density at radius 3 is 2.50 bits per heavy atom. The van der Waals surface area contributed by atoms with E-state index >= 15 is 0 Å². The van der Waals surface area contributed by atoms with Gasteiger partial charge in [0.25, 0.3) is 0 Å². The molecule has 0 N–H and O–H groups in total. The second kappa shape index (κ2) is 5.40. The molecule has 1 aromatic carbocycles. The summed E-state index contributed by atoms with van der Waals surface area (Å²) in [5.41, 5.74) is 0.898. The third-order valence-corrected chi connectivity index (χ3v) is 2.62. The maximum atomic E-state index is 11.7. The molecule has 0 radical (unpaired) electrons. The maximum Gasteiger partial charge on any atom is 0.316 e. The van der Waals surface area contributed by atoms with E-state index in [0.717, 1.165) is 11.3 Å². The third-order valence-electron chi connectivity index (χ3n) is 2.62. The molecule has 2 aromatic rings. The highest BCUT2D eigenvalue weighted by molar-refractivity contribution is 5.74. The van der Waals surface area contributed by atoms with Crippen LogP contribution in [0.15, 0.2) is 42.6 Å². The number of aromatic nitrogens is 1. The molecule has 0 aliphatic rings. The van der Waals surface area contributed by atoms with Crippen molar-refractivity contribution in [1.29, 1.82) is 0 Å². The van der Waals surface area contributed by atoms with E-state index in [0.29, 0.717) is 5.88 Å². The largest absolute Gasteiger partial charge is 0.497 e. The van der Waals surface area contributed by atoms with Gasteiger partial charge in [-0.1, -0.05) is 12.1 Å². The zero-order valence-electron chi connectivity index (χ0n) is 10.4. The van der Waals surface area contributed by atoms with E-state index in [1.165, 1.54) is 0 Å². The molecule has 1 aromatic heterocycles. The van der Waals surface area contributed by atoms with Gasteiger partial charge >= 0.3 is 5.97 Å². The quantitative estimate of drug-likeness (QED) is 0.775. The van der Waals surface area contributed by atoms with Crippen LogP contribution in [0.2, 0.25) is 0 Å². The number of benzene rings is 1. The molecule has 0 aliphatic heterocycles. The lowest BCUT2D eigenvalue weighted by Gasteiger charge is -2.05. The molecule has 18 heavy (non-hydrogen) atoms. The number of hydrogen-bond acceptors (Lipinski definition) is 3. The van der Waals surface area contributed by atoms with Gasteiger partial charge in [-0.15, -0.1) is 0 Å². The molecule has 0 spiro atoms. The minimum Gasteiger partial charge on any atom is -0.497 e. The lowest BCUT2D eigenvalue weighted by molar-refractivity contribution is -0.134. The van der Waals surface area contributed by atoms with Crippen molar-refractivity contribution in [3.8, 4) is 11.6 Å². The van der Waals surface area contributed by atoms with E-state index in [2.05, 4.69) is 0 Å². The summed E-state index contributed by atoms with van der Waals surface area (Å²) >= 11 is 0. The molecule has 0 saturated carbocycles. The molecule has 94 valence electrons. The molecule has 4 heteroatoms. The first kappa shape index (κ1) is 12.2. The first-order valence-corrected chi connectivity index (χ1v) is 5.64. The molecule has 0 saturated heterocycles. The van der Waals surface area contributed by atoms with Crippen LogP contribution in [0.1, 0.15) is 5.56 Å². The average Bonchev–Trinajstić information content (AvgIpc) is 2.76. The zero-order chi connectivity index (χ0) is 13.0. The van der Waals surface area contributed by atoms with Crippen LogP contribution < -0.4 is 9.47 Å². The minimum atomic E-state index is -0.276. The number of hydrogen-bond donors (Lipinski definition) is 0. The van der Waals surface area contributed by atoms with Gasteiger partial charge in [0.2, 0.25) is 5.88 Å². The second-order valence-electron chi connectivity index (χ2n) is 3.96. The Morgan fingerprint density at radius 2 is 1.94 bits per heavy atom. The van der Waals surface area contributed by atoms with Gasteiger partial charge in [-0.05, 0) is 23.8 Å². The van der Waals surface area contributed by atoms with Crippen LogP contribution in [0.3, 0.4) is 0 Å². The smallest absolute Gasteiger partial charge is 0.316 e. The van der Waals surface area contributed by atoms with Gasteiger partial charge in [0.1, 0.15) is 5.75 Å². The van der Waals surface area contributed by atoms with Crippen LogP contribution in [-0.4, -0.2) is 17.6 Å². The van der Waals surface area contributed by atoms with Gasteiger partial charge < -0.3 is 14.0 Å². The van der Waals surface area contributed by atoms with E-state index in [9.17, 15) is 4.79 Å². The van der Waals surface area contributed by atoms with Gasteiger partial charge in [-0.3, -0.25) is 4.79 Å². The Morgan fingerprint density at radius 1 is 1.22 bits per heavy atom. The molecular formula is C14H15NO3. The van der Waals surface area contributed by atoms with Crippen molar-refractivity contribution >= 4 is 5.97 Å². The molecule has 0 amide bonds. The van der Waals surface area contributed by atoms with E-state index < -0.39 is 0 Å². The van der Waals surface area contributed by atoms with Crippen molar-refractivity contribution < 1.29 is 14.3 Å². The summed E-state index contributed by atoms with van der Waals surface area (Å²) in [5.74, 6) is 1.05. The number of rotatable bonds is 4. The minimum absolute atomic E-state index is 0.245. The van der Waals surface area contributed by atoms with E-state index in [1.54, 1.807) is 17.7 Å². The Labute approximate surface area is 106 Å². The van der Waals surface area contributed by atoms with E-state index in [1.807, 2.05) is 43.6 Å². The second-order valence-corrected chi connectivity index (χ2v) is 3.96. The molecule has 0 unspecified atom stereocenters. The van der Waals surface area contributed by atoms with Gasteiger partial charge in [0.15, 0.2) is 0 Å². The summed E-state index contributed by atoms with van der Waals surface area (Å²) < 4.78 is 12.0. The number of carbonyl (C=O) groups excluding carboxylic acids is 1. The fourth-order valence-electron chi connectivity index (χ4n) is 1.61. The fraction of sp³-hybridized carbons (Fsp3) is 0.214. The Bertz CT molecular complexity index is 528. The summed E-state index contributed by atoms with van der Waals surface area (Å²) in [5, 5.41) is 0. The normalized spacial score (nSPS) is 10.1. The van der Waals surface area contributed by atoms with Crippen molar-refractivity contribution in [2.75, 3.05) is 7.11 Å². The number of esters is 1. The van der Waals surface area contributed by atoms with E-state index in [-0.39, 0.29) is 12.4 Å². The number of ether oxygens (including phenoxy) is 2. The highest BCUT2D eigenvalue weighted by atomic mass is 16.5. The van der Waals surface area contributed by atoms with Gasteiger partial charge in [0.05, 0.1) is 13.5 Å². The third kappa shape index (κ3) is 2.91. The first-order chi connectivity index (χ1) is 8.69. The van der Waals surface area contributed by atoms with E-state index in [4.69, 9.17) is 9.47 Å². The van der Waals surface area contributed by atoms with Crippen molar-refractivity contribution in [2.45, 2.75) is 6.42 Å². The molecular weight excluding hydrogens is 230 g/mol. The molecule has 0 atom stereocenters. The summed E-state index contributed by atoms with van der Waals surface area (Å²) in [6, 6.07) is 10.9. The lowest BCUT2D eigenvalue weighted by atomic mass is 10.1. The Hall–Kier alpha value is -2.23. The van der Waals surface area contributed by atoms with Crippen LogP contribution >= 0.6 is 0 Å². The fourth-order valence-corrected chi connectivity index (χ4v) is 1.61. The van der Waals surface area contributed by atoms with Crippen LogP contribution in [-0.2, 0) is 18.3 Å². The van der Waals surface area contributed by atoms with Gasteiger partial charge in [-0.2, -0.15) is 0 Å². The summed E-state index contributed by atoms with van der Waals surface area (Å²) in [6.07, 6.45) is 2.07. The Kier molecular flexibility index (Phi) is 3.67. The molecule has 0 fully saturated rings. The van der Waals surface area contributed by atoms with Crippen molar-refractivity contribution in [3.05, 3.63) is 48.2 Å². The van der Waals surface area contributed by atoms with Crippen LogP contribution in [0, 0.1) is 0 Å². The maximum absolute atomic E-state index is 11.7. The highest BCUT2D eigenvalue weighted by Gasteiger charge is 2.08. The van der Waals surface area contributed by atoms with Crippen molar-refractivity contribution in [3.63, 3.8) is 0 Å². The predicted octanol–water partition coefficient (Wildman–Crippen LogP) is 2.18. The molecule has 2 rings (SSSR count). The zero-order valence-corrected chi connectivity index (χ0v) is 10.4. The summed E-state index contributed by atoms with van der Waals surface area (Å²) in [4.78, 5) is 11.7. The number of nitrogens with zero attached hydrogens (tertiary/aromatic N) is 1. The highest BCUT2D eigenvalue weighted by Crippen LogP contribution is 2.14. The van der Waals surface area contributed by atoms with Crippen LogP contribution in [0.4, 0.5) is 0 Å². The van der Waals surface area contributed by atoms with Gasteiger partial charge in [-0.25, -0.2) is 0 Å². The van der Waals surface area contributed by atoms with Crippen LogP contribution in [0.5, 0.6) is 11.6 Å². The Balaban J connectivity index is 1.96. The predicted molar refractivity (Wildman–Crippen MR) is 67.7 cm³/mol. The van der Waals surface area contributed by atoms with Crippen molar-refractivity contribution in [1.82, 2.24) is 4.57 Å². The molecule has 4 nitrogen and oxygen atoms in total. The number of carbonyl (C=O) groups is 1. The lowest BCUT2D eigenvalue weighted by Crippen LogP contribution is -2.12. The molecule has 1 heterocycles. The summed E-state index contributed by atoms with van der Waals surface area (Å²) in [7, 11) is 3.44. The number of methoxy groups -OCH3 is 1. The molecule has 0 aliphatic carbocycles. The van der Waals surface area contributed by atoms with Crippen molar-refractivity contribution in [2.24, 2.45) is 7.05 Å². The monoisotopic (exact) mass is 245 g/mol. The topological polar surface area (TPSA) is 40.5 Å². The average molecular weight is 245 g/mol. The summed E-state index contributed by atoms with van der Waals surface area (Å²) in [6.45, 7) is 0. The SMILES string of the molecule is COc1ccc(CC(=O)Oc2cccn2C)cc1. The number of aryl methyl sites for hydroxylation is 1.